The van der Waals surface area contributed by atoms with Gasteiger partial charge >= 0.3 is 0 Å². The van der Waals surface area contributed by atoms with E-state index in [1.807, 2.05) is 48.2 Å². The summed E-state index contributed by atoms with van der Waals surface area (Å²) < 4.78 is 7.68. The molecule has 3 heterocycles. The van der Waals surface area contributed by atoms with Gasteiger partial charge in [0.2, 0.25) is 0 Å². The summed E-state index contributed by atoms with van der Waals surface area (Å²) in [5.41, 5.74) is 3.42. The monoisotopic (exact) mass is 579 g/mol. The summed E-state index contributed by atoms with van der Waals surface area (Å²) in [5, 5.41) is 2.97. The lowest BCUT2D eigenvalue weighted by molar-refractivity contribution is 0.0950. The van der Waals surface area contributed by atoms with E-state index in [-0.39, 0.29) is 18.2 Å². The summed E-state index contributed by atoms with van der Waals surface area (Å²) in [5.74, 6) is 0.857. The standard InChI is InChI=1S/C26H19Br2N3O3/c1-15-6-8-16(9-7-15)26(33)30-13-18-11-23-20(24(32)19-4-2-3-5-22(19)34-23)14-31(18)25-21(28)10-17(27)12-29-25/h2-12,14,23H,13H2,1H3,(H,30,33)/t23-/m1/s1. The number of hydrogen-bond donors (Lipinski definition) is 1. The first-order valence-electron chi connectivity index (χ1n) is 10.6. The number of hydrogen-bond acceptors (Lipinski definition) is 5. The van der Waals surface area contributed by atoms with E-state index in [2.05, 4.69) is 42.2 Å². The van der Waals surface area contributed by atoms with Crippen LogP contribution in [0.1, 0.15) is 26.3 Å². The zero-order valence-corrected chi connectivity index (χ0v) is 21.3. The van der Waals surface area contributed by atoms with Gasteiger partial charge in [-0.1, -0.05) is 29.8 Å². The first-order chi connectivity index (χ1) is 16.4. The van der Waals surface area contributed by atoms with Crippen molar-refractivity contribution in [1.29, 1.82) is 0 Å². The van der Waals surface area contributed by atoms with E-state index >= 15 is 0 Å². The molecule has 8 heteroatoms. The molecule has 5 rings (SSSR count). The number of anilines is 1. The minimum atomic E-state index is -0.556. The smallest absolute Gasteiger partial charge is 0.251 e. The maximum absolute atomic E-state index is 13.2. The molecule has 0 saturated carbocycles. The average molecular weight is 581 g/mol. The molecule has 3 aromatic rings. The number of halogens is 2. The number of fused-ring (bicyclic) bond motifs is 2. The number of ether oxygens (including phenoxy) is 1. The number of carbonyl (C=O) groups excluding carboxylic acids is 2. The van der Waals surface area contributed by atoms with Crippen molar-refractivity contribution < 1.29 is 14.3 Å². The Morgan fingerprint density at radius 1 is 1.15 bits per heavy atom. The Kier molecular flexibility index (Phi) is 6.10. The molecule has 6 nitrogen and oxygen atoms in total. The number of Topliss-reactive ketones (excluding diaryl/α,β-unsaturated/α-hetero) is 1. The lowest BCUT2D eigenvalue weighted by Gasteiger charge is -2.34. The highest BCUT2D eigenvalue weighted by atomic mass is 79.9. The van der Waals surface area contributed by atoms with Crippen molar-refractivity contribution >= 4 is 49.4 Å². The number of nitrogens with zero attached hydrogens (tertiary/aromatic N) is 2. The Morgan fingerprint density at radius 3 is 2.68 bits per heavy atom. The van der Waals surface area contributed by atoms with Crippen LogP contribution in [-0.4, -0.2) is 29.3 Å². The number of nitrogens with one attached hydrogen (secondary N) is 1. The number of para-hydroxylation sites is 1. The zero-order chi connectivity index (χ0) is 23.8. The largest absolute Gasteiger partial charge is 0.481 e. The first kappa shape index (κ1) is 22.6. The molecule has 0 fully saturated rings. The van der Waals surface area contributed by atoms with Crippen LogP contribution in [0.3, 0.4) is 0 Å². The van der Waals surface area contributed by atoms with Crippen LogP contribution in [0.2, 0.25) is 0 Å². The predicted molar refractivity (Wildman–Crippen MR) is 137 cm³/mol. The Bertz CT molecular complexity index is 1370. The van der Waals surface area contributed by atoms with Gasteiger partial charge in [-0.05, 0) is 75.2 Å². The summed E-state index contributed by atoms with van der Waals surface area (Å²) >= 11 is 7.00. The minimum absolute atomic E-state index is 0.0934. The van der Waals surface area contributed by atoms with Crippen LogP contribution >= 0.6 is 31.9 Å². The Hall–Kier alpha value is -3.23. The molecule has 2 aliphatic heterocycles. The number of amides is 1. The second-order valence-corrected chi connectivity index (χ2v) is 9.75. The molecule has 0 saturated heterocycles. The van der Waals surface area contributed by atoms with Crippen LogP contribution in [0.25, 0.3) is 0 Å². The highest BCUT2D eigenvalue weighted by Crippen LogP contribution is 2.37. The van der Waals surface area contributed by atoms with E-state index in [9.17, 15) is 9.59 Å². The number of pyridine rings is 1. The van der Waals surface area contributed by atoms with Crippen molar-refractivity contribution in [2.45, 2.75) is 13.0 Å². The van der Waals surface area contributed by atoms with Crippen LogP contribution in [0, 0.1) is 6.92 Å². The normalized spacial score (nSPS) is 16.6. The zero-order valence-electron chi connectivity index (χ0n) is 18.1. The quantitative estimate of drug-likeness (QED) is 0.436. The number of aromatic nitrogens is 1. The molecule has 0 unspecified atom stereocenters. The molecule has 0 radical (unpaired) electrons. The Balaban J connectivity index is 1.49. The van der Waals surface area contributed by atoms with Gasteiger partial charge < -0.3 is 15.0 Å². The second kappa shape index (κ2) is 9.19. The maximum Gasteiger partial charge on any atom is 0.251 e. The average Bonchev–Trinajstić information content (AvgIpc) is 2.83. The third-order valence-electron chi connectivity index (χ3n) is 5.64. The fourth-order valence-electron chi connectivity index (χ4n) is 3.88. The third kappa shape index (κ3) is 4.31. The van der Waals surface area contributed by atoms with E-state index in [0.717, 1.165) is 20.2 Å². The number of aryl methyl sites for hydroxylation is 1. The van der Waals surface area contributed by atoms with Crippen molar-refractivity contribution in [3.05, 3.63) is 110 Å². The lowest BCUT2D eigenvalue weighted by atomic mass is 9.93. The summed E-state index contributed by atoms with van der Waals surface area (Å²) in [6.45, 7) is 2.19. The van der Waals surface area contributed by atoms with E-state index < -0.39 is 6.10 Å². The van der Waals surface area contributed by atoms with Crippen LogP contribution in [-0.2, 0) is 0 Å². The van der Waals surface area contributed by atoms with Crippen molar-refractivity contribution in [3.63, 3.8) is 0 Å². The number of ketones is 1. The molecule has 1 N–H and O–H groups in total. The molecule has 34 heavy (non-hydrogen) atoms. The van der Waals surface area contributed by atoms with Crippen molar-refractivity contribution in [3.8, 4) is 5.75 Å². The van der Waals surface area contributed by atoms with Crippen LogP contribution in [0.4, 0.5) is 5.82 Å². The van der Waals surface area contributed by atoms with E-state index in [4.69, 9.17) is 4.74 Å². The highest BCUT2D eigenvalue weighted by Gasteiger charge is 2.35. The fraction of sp³-hybridized carbons (Fsp3) is 0.115. The summed E-state index contributed by atoms with van der Waals surface area (Å²) in [6.07, 6.45) is 4.73. The molecule has 0 bridgehead atoms. The van der Waals surface area contributed by atoms with Gasteiger partial charge in [-0.25, -0.2) is 4.98 Å². The molecule has 1 aromatic heterocycles. The molecular weight excluding hydrogens is 562 g/mol. The molecule has 1 atom stereocenters. The van der Waals surface area contributed by atoms with E-state index in [1.165, 1.54) is 0 Å². The summed E-state index contributed by atoms with van der Waals surface area (Å²) in [7, 11) is 0. The van der Waals surface area contributed by atoms with Gasteiger partial charge in [0.15, 0.2) is 11.6 Å². The van der Waals surface area contributed by atoms with E-state index in [0.29, 0.717) is 28.3 Å². The van der Waals surface area contributed by atoms with Gasteiger partial charge in [-0.2, -0.15) is 0 Å². The second-order valence-electron chi connectivity index (χ2n) is 7.98. The number of carbonyl (C=O) groups is 2. The van der Waals surface area contributed by atoms with Gasteiger partial charge in [-0.15, -0.1) is 0 Å². The van der Waals surface area contributed by atoms with Crippen LogP contribution in [0.5, 0.6) is 5.75 Å². The highest BCUT2D eigenvalue weighted by molar-refractivity contribution is 9.11. The molecule has 0 spiro atoms. The number of benzene rings is 2. The Labute approximate surface area is 213 Å². The predicted octanol–water partition coefficient (Wildman–Crippen LogP) is 5.58. The third-order valence-corrected chi connectivity index (χ3v) is 6.65. The molecule has 1 amide bonds. The topological polar surface area (TPSA) is 71.5 Å². The van der Waals surface area contributed by atoms with Crippen LogP contribution < -0.4 is 15.0 Å². The van der Waals surface area contributed by atoms with Gasteiger partial charge in [0.25, 0.3) is 5.91 Å². The van der Waals surface area contributed by atoms with Crippen LogP contribution in [0.15, 0.2) is 93.3 Å². The van der Waals surface area contributed by atoms with Gasteiger partial charge in [0, 0.05) is 28.1 Å². The van der Waals surface area contributed by atoms with E-state index in [1.54, 1.807) is 36.7 Å². The molecular formula is C26H19Br2N3O3. The van der Waals surface area contributed by atoms with Crippen molar-refractivity contribution in [2.75, 3.05) is 11.4 Å². The molecule has 2 aliphatic rings. The lowest BCUT2D eigenvalue weighted by Crippen LogP contribution is -2.39. The van der Waals surface area contributed by atoms with Gasteiger partial charge in [-0.3, -0.25) is 9.59 Å². The molecule has 0 aliphatic carbocycles. The Morgan fingerprint density at radius 2 is 1.91 bits per heavy atom. The summed E-state index contributed by atoms with van der Waals surface area (Å²) in [6, 6.07) is 16.5. The van der Waals surface area contributed by atoms with Crippen molar-refractivity contribution in [1.82, 2.24) is 10.3 Å². The molecule has 2 aromatic carbocycles. The maximum atomic E-state index is 13.2. The SMILES string of the molecule is Cc1ccc(C(=O)NCC2=C[C@H]3Oc4ccccc4C(=O)C3=CN2c2ncc(Br)cc2Br)cc1. The fourth-order valence-corrected chi connectivity index (χ4v) is 5.06. The molecule has 170 valence electrons. The van der Waals surface area contributed by atoms with Gasteiger partial charge in [0.05, 0.1) is 22.2 Å². The minimum Gasteiger partial charge on any atom is -0.481 e. The summed E-state index contributed by atoms with van der Waals surface area (Å²) in [4.78, 5) is 32.3. The van der Waals surface area contributed by atoms with Crippen molar-refractivity contribution in [2.24, 2.45) is 0 Å². The van der Waals surface area contributed by atoms with Gasteiger partial charge in [0.1, 0.15) is 11.9 Å². The number of rotatable bonds is 4. The first-order valence-corrected chi connectivity index (χ1v) is 12.2.